The van der Waals surface area contributed by atoms with E-state index in [1.165, 1.54) is 15.6 Å². The summed E-state index contributed by atoms with van der Waals surface area (Å²) in [6, 6.07) is 9.36. The zero-order valence-electron chi connectivity index (χ0n) is 18.3. The number of para-hydroxylation sites is 1. The van der Waals surface area contributed by atoms with E-state index >= 15 is 0 Å². The van der Waals surface area contributed by atoms with Gasteiger partial charge in [-0.1, -0.05) is 30.3 Å². The fourth-order valence-corrected chi connectivity index (χ4v) is 6.87. The Labute approximate surface area is 191 Å². The van der Waals surface area contributed by atoms with Crippen molar-refractivity contribution >= 4 is 33.0 Å². The largest absolute Gasteiger partial charge is 0.339 e. The Kier molecular flexibility index (Phi) is 6.45. The number of aryl methyl sites for hydroxylation is 3. The molecule has 1 aromatic carbocycles. The van der Waals surface area contributed by atoms with Crippen LogP contribution in [0.5, 0.6) is 0 Å². The Hall–Kier alpha value is -2.56. The highest BCUT2D eigenvalue weighted by atomic mass is 32.2. The third-order valence-corrected chi connectivity index (χ3v) is 8.92. The van der Waals surface area contributed by atoms with Crippen LogP contribution in [0.2, 0.25) is 0 Å². The van der Waals surface area contributed by atoms with Crippen LogP contribution in [0.25, 0.3) is 10.7 Å². The van der Waals surface area contributed by atoms with Crippen molar-refractivity contribution in [2.45, 2.75) is 44.9 Å². The lowest BCUT2D eigenvalue weighted by molar-refractivity contribution is -0.120. The van der Waals surface area contributed by atoms with Gasteiger partial charge in [0, 0.05) is 36.5 Å². The van der Waals surface area contributed by atoms with Crippen molar-refractivity contribution in [1.82, 2.24) is 14.4 Å². The molecule has 0 aliphatic carbocycles. The van der Waals surface area contributed by atoms with Crippen molar-refractivity contribution in [3.05, 3.63) is 46.7 Å². The van der Waals surface area contributed by atoms with Gasteiger partial charge in [0.05, 0.1) is 9.77 Å². The number of nitrogens with one attached hydrogen (secondary N) is 1. The normalized spacial score (nSPS) is 15.7. The molecule has 170 valence electrons. The number of rotatable bonds is 6. The molecule has 10 heteroatoms. The molecule has 1 saturated heterocycles. The summed E-state index contributed by atoms with van der Waals surface area (Å²) in [6.45, 7) is 6.13. The topological polar surface area (TPSA) is 105 Å². The third-order valence-electron chi connectivity index (χ3n) is 5.72. The first kappa shape index (κ1) is 22.6. The van der Waals surface area contributed by atoms with Gasteiger partial charge in [-0.25, -0.2) is 8.42 Å². The summed E-state index contributed by atoms with van der Waals surface area (Å²) in [5.41, 5.74) is 1.91. The number of anilines is 1. The summed E-state index contributed by atoms with van der Waals surface area (Å²) in [4.78, 5) is 18.6. The highest BCUT2D eigenvalue weighted by Gasteiger charge is 2.34. The number of piperidine rings is 1. The minimum Gasteiger partial charge on any atom is -0.339 e. The monoisotopic (exact) mass is 474 g/mol. The molecule has 0 radical (unpaired) electrons. The Morgan fingerprint density at radius 2 is 1.97 bits per heavy atom. The molecule has 0 unspecified atom stereocenters. The zero-order chi connectivity index (χ0) is 22.9. The zero-order valence-corrected chi connectivity index (χ0v) is 19.9. The van der Waals surface area contributed by atoms with E-state index in [1.807, 2.05) is 31.2 Å². The minimum absolute atomic E-state index is 0.0515. The van der Waals surface area contributed by atoms with Crippen LogP contribution >= 0.6 is 11.3 Å². The van der Waals surface area contributed by atoms with E-state index in [0.29, 0.717) is 47.4 Å². The van der Waals surface area contributed by atoms with Crippen molar-refractivity contribution in [3.63, 3.8) is 0 Å². The van der Waals surface area contributed by atoms with E-state index in [0.717, 1.165) is 17.7 Å². The molecule has 4 rings (SSSR count). The van der Waals surface area contributed by atoms with E-state index in [-0.39, 0.29) is 16.7 Å². The Morgan fingerprint density at radius 1 is 1.25 bits per heavy atom. The van der Waals surface area contributed by atoms with Gasteiger partial charge in [0.15, 0.2) is 0 Å². The first-order chi connectivity index (χ1) is 15.3. The fourth-order valence-electron chi connectivity index (χ4n) is 3.91. The minimum atomic E-state index is -3.67. The molecule has 0 atom stereocenters. The second-order valence-corrected chi connectivity index (χ2v) is 11.0. The molecule has 1 aliphatic rings. The van der Waals surface area contributed by atoms with Crippen LogP contribution < -0.4 is 5.32 Å². The molecule has 1 amide bonds. The summed E-state index contributed by atoms with van der Waals surface area (Å²) in [6.07, 6.45) is 1.80. The summed E-state index contributed by atoms with van der Waals surface area (Å²) in [5.74, 6) is 0.550. The van der Waals surface area contributed by atoms with Crippen LogP contribution in [0.15, 0.2) is 39.8 Å². The van der Waals surface area contributed by atoms with E-state index in [4.69, 9.17) is 4.52 Å². The smallest absolute Gasteiger partial charge is 0.244 e. The van der Waals surface area contributed by atoms with Gasteiger partial charge in [-0.05, 0) is 43.9 Å². The van der Waals surface area contributed by atoms with Gasteiger partial charge in [0.1, 0.15) is 0 Å². The van der Waals surface area contributed by atoms with Crippen LogP contribution in [0.3, 0.4) is 0 Å². The van der Waals surface area contributed by atoms with Crippen molar-refractivity contribution in [2.24, 2.45) is 5.92 Å². The van der Waals surface area contributed by atoms with Crippen LogP contribution in [0.1, 0.15) is 36.1 Å². The maximum Gasteiger partial charge on any atom is 0.244 e. The fraction of sp³-hybridized carbons (Fsp3) is 0.409. The number of aromatic nitrogens is 2. The molecule has 3 aromatic rings. The highest BCUT2D eigenvalue weighted by Crippen LogP contribution is 2.35. The molecule has 2 aromatic heterocycles. The first-order valence-electron chi connectivity index (χ1n) is 10.6. The molecule has 0 bridgehead atoms. The maximum atomic E-state index is 13.3. The lowest BCUT2D eigenvalue weighted by Gasteiger charge is -2.30. The molecular formula is C22H26N4O4S2. The maximum absolute atomic E-state index is 13.3. The standard InChI is InChI=1S/C22H26N4O4S2/c1-4-16-7-5-6-8-18(16)24-22(27)17-9-11-26(12-10-17)32(28,29)20-13-19(31-14(20)2)21-23-15(3)30-25-21/h5-8,13,17H,4,9-12H2,1-3H3,(H,24,27). The summed E-state index contributed by atoms with van der Waals surface area (Å²) >= 11 is 1.33. The highest BCUT2D eigenvalue weighted by molar-refractivity contribution is 7.89. The third kappa shape index (κ3) is 4.48. The van der Waals surface area contributed by atoms with E-state index in [2.05, 4.69) is 15.5 Å². The molecule has 0 spiro atoms. The molecule has 32 heavy (non-hydrogen) atoms. The predicted octanol–water partition coefficient (Wildman–Crippen LogP) is 4.02. The van der Waals surface area contributed by atoms with Gasteiger partial charge in [0.25, 0.3) is 0 Å². The Bertz CT molecular complexity index is 1220. The SMILES string of the molecule is CCc1ccccc1NC(=O)C1CCN(S(=O)(=O)c2cc(-c3noc(C)n3)sc2C)CC1. The number of benzene rings is 1. The lowest BCUT2D eigenvalue weighted by atomic mass is 9.97. The van der Waals surface area contributed by atoms with Crippen molar-refractivity contribution in [2.75, 3.05) is 18.4 Å². The first-order valence-corrected chi connectivity index (χ1v) is 12.8. The number of hydrogen-bond acceptors (Lipinski definition) is 7. The Balaban J connectivity index is 1.43. The quantitative estimate of drug-likeness (QED) is 0.579. The second kappa shape index (κ2) is 9.13. The van der Waals surface area contributed by atoms with Gasteiger partial charge in [-0.15, -0.1) is 11.3 Å². The van der Waals surface area contributed by atoms with Gasteiger partial charge in [0.2, 0.25) is 27.6 Å². The van der Waals surface area contributed by atoms with Crippen LogP contribution in [-0.4, -0.2) is 41.9 Å². The second-order valence-electron chi connectivity index (χ2n) is 7.85. The van der Waals surface area contributed by atoms with Gasteiger partial charge >= 0.3 is 0 Å². The van der Waals surface area contributed by atoms with Gasteiger partial charge in [-0.2, -0.15) is 9.29 Å². The number of carbonyl (C=O) groups is 1. The number of hydrogen-bond donors (Lipinski definition) is 1. The molecule has 1 aliphatic heterocycles. The number of amides is 1. The lowest BCUT2D eigenvalue weighted by Crippen LogP contribution is -2.41. The van der Waals surface area contributed by atoms with Gasteiger partial charge < -0.3 is 9.84 Å². The van der Waals surface area contributed by atoms with Crippen LogP contribution in [-0.2, 0) is 21.2 Å². The van der Waals surface area contributed by atoms with E-state index < -0.39 is 10.0 Å². The number of carbonyl (C=O) groups excluding carboxylic acids is 1. The van der Waals surface area contributed by atoms with E-state index in [9.17, 15) is 13.2 Å². The molecule has 1 fully saturated rings. The van der Waals surface area contributed by atoms with Crippen molar-refractivity contribution in [3.8, 4) is 10.7 Å². The molecule has 1 N–H and O–H groups in total. The molecule has 8 nitrogen and oxygen atoms in total. The average molecular weight is 475 g/mol. The summed E-state index contributed by atoms with van der Waals surface area (Å²) in [5, 5.41) is 6.90. The summed E-state index contributed by atoms with van der Waals surface area (Å²) < 4.78 is 33.0. The van der Waals surface area contributed by atoms with Crippen LogP contribution in [0, 0.1) is 19.8 Å². The average Bonchev–Trinajstić information content (AvgIpc) is 3.40. The van der Waals surface area contributed by atoms with Crippen molar-refractivity contribution in [1.29, 1.82) is 0 Å². The van der Waals surface area contributed by atoms with Crippen LogP contribution in [0.4, 0.5) is 5.69 Å². The molecule has 3 heterocycles. The number of thiophene rings is 1. The summed E-state index contributed by atoms with van der Waals surface area (Å²) in [7, 11) is -3.67. The van der Waals surface area contributed by atoms with Crippen molar-refractivity contribution < 1.29 is 17.7 Å². The molecular weight excluding hydrogens is 448 g/mol. The van der Waals surface area contributed by atoms with Gasteiger partial charge in [-0.3, -0.25) is 4.79 Å². The Morgan fingerprint density at radius 3 is 2.62 bits per heavy atom. The predicted molar refractivity (Wildman–Crippen MR) is 123 cm³/mol. The molecule has 0 saturated carbocycles. The van der Waals surface area contributed by atoms with E-state index in [1.54, 1.807) is 19.9 Å². The number of sulfonamides is 1. The number of nitrogens with zero attached hydrogens (tertiary/aromatic N) is 3.